The summed E-state index contributed by atoms with van der Waals surface area (Å²) in [6, 6.07) is 3.76. The Bertz CT molecular complexity index is 477. The maximum absolute atomic E-state index is 12.4. The first-order valence-corrected chi connectivity index (χ1v) is 4.95. The van der Waals surface area contributed by atoms with Crippen LogP contribution in [0, 0.1) is 0 Å². The zero-order valence-electron chi connectivity index (χ0n) is 8.05. The zero-order chi connectivity index (χ0) is 13.2. The van der Waals surface area contributed by atoms with E-state index >= 15 is 0 Å². The van der Waals surface area contributed by atoms with Crippen molar-refractivity contribution in [2.24, 2.45) is 0 Å². The predicted molar refractivity (Wildman–Crippen MR) is 57.7 cm³/mol. The van der Waals surface area contributed by atoms with Crippen LogP contribution in [-0.2, 0) is 11.0 Å². The lowest BCUT2D eigenvalue weighted by Crippen LogP contribution is -2.07. The molecule has 2 nitrogen and oxygen atoms in total. The van der Waals surface area contributed by atoms with E-state index in [0.717, 1.165) is 12.1 Å². The monoisotopic (exact) mass is 284 g/mol. The number of benzene rings is 1. The van der Waals surface area contributed by atoms with Crippen molar-refractivity contribution in [1.82, 2.24) is 0 Å². The third-order valence-electron chi connectivity index (χ3n) is 1.88. The van der Waals surface area contributed by atoms with Crippen molar-refractivity contribution in [2.45, 2.75) is 6.18 Å². The molecule has 0 atom stereocenters. The lowest BCUT2D eigenvalue weighted by Gasteiger charge is -2.09. The van der Waals surface area contributed by atoms with Crippen molar-refractivity contribution in [2.75, 3.05) is 0 Å². The van der Waals surface area contributed by atoms with Crippen LogP contribution in [0.5, 0.6) is 0 Å². The third-order valence-corrected chi connectivity index (χ3v) is 2.26. The molecular formula is C10H5Cl2F3O2. The van der Waals surface area contributed by atoms with Gasteiger partial charge in [-0.2, -0.15) is 13.2 Å². The number of carboxylic acids is 1. The van der Waals surface area contributed by atoms with Crippen LogP contribution in [0.4, 0.5) is 13.2 Å². The van der Waals surface area contributed by atoms with E-state index in [0.29, 0.717) is 6.07 Å². The van der Waals surface area contributed by atoms with Crippen molar-refractivity contribution in [1.29, 1.82) is 0 Å². The average Bonchev–Trinajstić information content (AvgIpc) is 2.15. The fraction of sp³-hybridized carbons (Fsp3) is 0.100. The second-order valence-corrected chi connectivity index (χ2v) is 3.97. The first-order valence-electron chi connectivity index (χ1n) is 4.19. The molecule has 0 bridgehead atoms. The van der Waals surface area contributed by atoms with Gasteiger partial charge in [-0.1, -0.05) is 35.3 Å². The first kappa shape index (κ1) is 13.9. The van der Waals surface area contributed by atoms with E-state index in [1.807, 2.05) is 0 Å². The van der Waals surface area contributed by atoms with Crippen molar-refractivity contribution in [3.8, 4) is 0 Å². The van der Waals surface area contributed by atoms with Gasteiger partial charge in [0.1, 0.15) is 4.49 Å². The van der Waals surface area contributed by atoms with Gasteiger partial charge in [-0.25, -0.2) is 4.79 Å². The molecule has 0 radical (unpaired) electrons. The second kappa shape index (κ2) is 4.98. The van der Waals surface area contributed by atoms with Gasteiger partial charge in [0.2, 0.25) is 0 Å². The van der Waals surface area contributed by atoms with Gasteiger partial charge in [-0.3, -0.25) is 0 Å². The molecule has 0 fully saturated rings. The van der Waals surface area contributed by atoms with Crippen molar-refractivity contribution >= 4 is 34.7 Å². The van der Waals surface area contributed by atoms with Gasteiger partial charge >= 0.3 is 12.1 Å². The van der Waals surface area contributed by atoms with Crippen molar-refractivity contribution in [3.05, 3.63) is 39.9 Å². The molecule has 0 aliphatic rings. The molecule has 0 saturated carbocycles. The van der Waals surface area contributed by atoms with Gasteiger partial charge in [0.15, 0.2) is 0 Å². The van der Waals surface area contributed by atoms with Crippen molar-refractivity contribution in [3.63, 3.8) is 0 Å². The average molecular weight is 285 g/mol. The smallest absolute Gasteiger partial charge is 0.416 e. The summed E-state index contributed by atoms with van der Waals surface area (Å²) in [5.41, 5.74) is -1.74. The number of aliphatic carboxylic acids is 1. The maximum atomic E-state index is 12.4. The minimum atomic E-state index is -4.56. The molecule has 17 heavy (non-hydrogen) atoms. The second-order valence-electron chi connectivity index (χ2n) is 3.02. The van der Waals surface area contributed by atoms with Crippen LogP contribution in [-0.4, -0.2) is 11.1 Å². The van der Waals surface area contributed by atoms with Gasteiger partial charge < -0.3 is 5.11 Å². The van der Waals surface area contributed by atoms with E-state index in [9.17, 15) is 18.0 Å². The molecule has 1 aromatic rings. The molecule has 1 aromatic carbocycles. The quantitative estimate of drug-likeness (QED) is 0.836. The summed E-state index contributed by atoms with van der Waals surface area (Å²) in [6.07, 6.45) is -4.56. The van der Waals surface area contributed by atoms with E-state index in [2.05, 4.69) is 0 Å². The molecule has 1 N–H and O–H groups in total. The largest absolute Gasteiger partial charge is 0.478 e. The highest BCUT2D eigenvalue weighted by molar-refractivity contribution is 6.61. The standard InChI is InChI=1S/C10H5Cl2F3O2/c11-8(12)7(9(16)17)5-2-1-3-6(4-5)10(13,14)15/h1-4H,(H,16,17). The first-order chi connectivity index (χ1) is 7.73. The predicted octanol–water partition coefficient (Wildman–Crippen LogP) is 3.94. The fourth-order valence-electron chi connectivity index (χ4n) is 1.16. The van der Waals surface area contributed by atoms with Gasteiger partial charge in [-0.05, 0) is 17.7 Å². The molecule has 0 saturated heterocycles. The molecule has 0 spiro atoms. The fourth-order valence-corrected chi connectivity index (χ4v) is 1.54. The Morgan fingerprint density at radius 1 is 1.24 bits per heavy atom. The van der Waals surface area contributed by atoms with Crippen LogP contribution < -0.4 is 0 Å². The molecule has 0 aromatic heterocycles. The summed E-state index contributed by atoms with van der Waals surface area (Å²) in [5, 5.41) is 8.78. The van der Waals surface area contributed by atoms with Gasteiger partial charge in [0.25, 0.3) is 0 Å². The lowest BCUT2D eigenvalue weighted by atomic mass is 10.0. The summed E-state index contributed by atoms with van der Waals surface area (Å²) in [4.78, 5) is 10.8. The highest BCUT2D eigenvalue weighted by Gasteiger charge is 2.31. The molecule has 0 heterocycles. The summed E-state index contributed by atoms with van der Waals surface area (Å²) < 4.78 is 36.6. The summed E-state index contributed by atoms with van der Waals surface area (Å²) in [7, 11) is 0. The molecule has 0 amide bonds. The van der Waals surface area contributed by atoms with E-state index < -0.39 is 27.8 Å². The van der Waals surface area contributed by atoms with Gasteiger partial charge in [0, 0.05) is 0 Å². The number of rotatable bonds is 2. The van der Waals surface area contributed by atoms with Crippen LogP contribution >= 0.6 is 23.2 Å². The molecular weight excluding hydrogens is 280 g/mol. The number of halogens is 5. The van der Waals surface area contributed by atoms with Gasteiger partial charge in [-0.15, -0.1) is 0 Å². The Morgan fingerprint density at radius 2 is 1.82 bits per heavy atom. The molecule has 0 aliphatic carbocycles. The highest BCUT2D eigenvalue weighted by Crippen LogP contribution is 2.32. The molecule has 92 valence electrons. The maximum Gasteiger partial charge on any atom is 0.416 e. The Hall–Kier alpha value is -1.20. The van der Waals surface area contributed by atoms with Crippen LogP contribution in [0.25, 0.3) is 5.57 Å². The minimum absolute atomic E-state index is 0.202. The highest BCUT2D eigenvalue weighted by atomic mass is 35.5. The molecule has 0 unspecified atom stereocenters. The number of hydrogen-bond donors (Lipinski definition) is 1. The van der Waals surface area contributed by atoms with Crippen LogP contribution in [0.15, 0.2) is 28.8 Å². The molecule has 7 heteroatoms. The van der Waals surface area contributed by atoms with Crippen LogP contribution in [0.3, 0.4) is 0 Å². The van der Waals surface area contributed by atoms with Gasteiger partial charge in [0.05, 0.1) is 11.1 Å². The summed E-state index contributed by atoms with van der Waals surface area (Å²) >= 11 is 10.6. The number of carbonyl (C=O) groups is 1. The Morgan fingerprint density at radius 3 is 2.24 bits per heavy atom. The lowest BCUT2D eigenvalue weighted by molar-refractivity contribution is -0.137. The SMILES string of the molecule is O=C(O)C(=C(Cl)Cl)c1cccc(C(F)(F)F)c1. The van der Waals surface area contributed by atoms with E-state index in [-0.39, 0.29) is 5.56 Å². The normalized spacial score (nSPS) is 11.1. The molecule has 1 rings (SSSR count). The number of carboxylic acid groups (broad SMARTS) is 1. The van der Waals surface area contributed by atoms with E-state index in [4.69, 9.17) is 28.3 Å². The topological polar surface area (TPSA) is 37.3 Å². The third kappa shape index (κ3) is 3.38. The Kier molecular flexibility index (Phi) is 4.06. The van der Waals surface area contributed by atoms with Crippen molar-refractivity contribution < 1.29 is 23.1 Å². The molecule has 0 aliphatic heterocycles. The number of alkyl halides is 3. The van der Waals surface area contributed by atoms with Crippen LogP contribution in [0.2, 0.25) is 0 Å². The Balaban J connectivity index is 3.34. The summed E-state index contributed by atoms with van der Waals surface area (Å²) in [6.45, 7) is 0. The minimum Gasteiger partial charge on any atom is -0.478 e. The Labute approximate surface area is 104 Å². The number of hydrogen-bond acceptors (Lipinski definition) is 1. The summed E-state index contributed by atoms with van der Waals surface area (Å²) in [5.74, 6) is -1.50. The van der Waals surface area contributed by atoms with E-state index in [1.54, 1.807) is 0 Å². The zero-order valence-corrected chi connectivity index (χ0v) is 9.57. The van der Waals surface area contributed by atoms with Crippen LogP contribution in [0.1, 0.15) is 11.1 Å². The van der Waals surface area contributed by atoms with E-state index in [1.165, 1.54) is 6.07 Å².